The highest BCUT2D eigenvalue weighted by Crippen LogP contribution is 2.37. The van der Waals surface area contributed by atoms with Crippen molar-refractivity contribution in [2.45, 2.75) is 38.6 Å². The summed E-state index contributed by atoms with van der Waals surface area (Å²) in [7, 11) is 0. The maximum absolute atomic E-state index is 12.0. The van der Waals surface area contributed by atoms with Crippen molar-refractivity contribution in [3.63, 3.8) is 0 Å². The molecule has 0 atom stereocenters. The number of aryl methyl sites for hydroxylation is 1. The Morgan fingerprint density at radius 1 is 1.53 bits per heavy atom. The average Bonchev–Trinajstić information content (AvgIpc) is 3.12. The van der Waals surface area contributed by atoms with E-state index in [0.717, 1.165) is 24.2 Å². The van der Waals surface area contributed by atoms with Gasteiger partial charge in [-0.1, -0.05) is 13.3 Å². The van der Waals surface area contributed by atoms with E-state index in [1.807, 2.05) is 6.33 Å². The van der Waals surface area contributed by atoms with Crippen LogP contribution in [0.2, 0.25) is 0 Å². The number of hydrogen-bond donors (Lipinski definition) is 1. The van der Waals surface area contributed by atoms with Crippen molar-refractivity contribution in [3.05, 3.63) is 33.0 Å². The highest BCUT2D eigenvalue weighted by Gasteiger charge is 2.26. The number of hydrogen-bond acceptors (Lipinski definition) is 3. The summed E-state index contributed by atoms with van der Waals surface area (Å²) in [5, 5.41) is 0. The molecule has 1 aliphatic carbocycles. The lowest BCUT2D eigenvalue weighted by atomic mass is 10.2. The van der Waals surface area contributed by atoms with E-state index in [-0.39, 0.29) is 5.56 Å². The first-order chi connectivity index (χ1) is 9.20. The van der Waals surface area contributed by atoms with Gasteiger partial charge in [0.2, 0.25) is 0 Å². The molecule has 0 aliphatic heterocycles. The van der Waals surface area contributed by atoms with Crippen LogP contribution in [-0.4, -0.2) is 19.5 Å². The normalized spacial score (nSPS) is 14.8. The van der Waals surface area contributed by atoms with Gasteiger partial charge in [-0.15, -0.1) is 0 Å². The predicted octanol–water partition coefficient (Wildman–Crippen LogP) is 2.68. The van der Waals surface area contributed by atoms with Gasteiger partial charge in [0, 0.05) is 6.04 Å². The molecule has 2 aromatic heterocycles. The van der Waals surface area contributed by atoms with Crippen LogP contribution in [0, 0.1) is 0 Å². The second-order valence-electron chi connectivity index (χ2n) is 4.84. The summed E-state index contributed by atoms with van der Waals surface area (Å²) in [5.41, 5.74) is 1.58. The fraction of sp³-hybridized carbons (Fsp3) is 0.462. The van der Waals surface area contributed by atoms with Gasteiger partial charge < -0.3 is 9.55 Å². The molecule has 3 rings (SSSR count). The van der Waals surface area contributed by atoms with E-state index in [9.17, 15) is 4.79 Å². The first-order valence-electron chi connectivity index (χ1n) is 6.51. The zero-order valence-electron chi connectivity index (χ0n) is 10.7. The standard InChI is InChI=1S/C13H15BrN4O/c1-2-3-9-11(14)13(19)17-12(16-9)10-6-15-7-18(10)8-4-5-8/h6-8H,2-5H2,1H3,(H,16,17,19). The van der Waals surface area contributed by atoms with Crippen LogP contribution >= 0.6 is 15.9 Å². The molecule has 0 saturated heterocycles. The summed E-state index contributed by atoms with van der Waals surface area (Å²) in [6.07, 6.45) is 7.66. The minimum Gasteiger partial charge on any atom is -0.325 e. The quantitative estimate of drug-likeness (QED) is 0.941. The van der Waals surface area contributed by atoms with Gasteiger partial charge >= 0.3 is 0 Å². The Morgan fingerprint density at radius 2 is 2.32 bits per heavy atom. The summed E-state index contributed by atoms with van der Waals surface area (Å²) in [4.78, 5) is 23.5. The van der Waals surface area contributed by atoms with Gasteiger partial charge in [0.15, 0.2) is 5.82 Å². The first-order valence-corrected chi connectivity index (χ1v) is 7.31. The van der Waals surface area contributed by atoms with Crippen LogP contribution in [0.3, 0.4) is 0 Å². The highest BCUT2D eigenvalue weighted by atomic mass is 79.9. The average molecular weight is 323 g/mol. The zero-order valence-corrected chi connectivity index (χ0v) is 12.3. The summed E-state index contributed by atoms with van der Waals surface area (Å²) in [6, 6.07) is 0.515. The van der Waals surface area contributed by atoms with E-state index < -0.39 is 0 Å². The van der Waals surface area contributed by atoms with Gasteiger partial charge in [0.05, 0.1) is 18.2 Å². The van der Waals surface area contributed by atoms with Crippen molar-refractivity contribution in [1.82, 2.24) is 19.5 Å². The minimum absolute atomic E-state index is 0.128. The lowest BCUT2D eigenvalue weighted by molar-refractivity contribution is 0.740. The Morgan fingerprint density at radius 3 is 3.00 bits per heavy atom. The largest absolute Gasteiger partial charge is 0.325 e. The molecule has 19 heavy (non-hydrogen) atoms. The van der Waals surface area contributed by atoms with Crippen molar-refractivity contribution in [2.75, 3.05) is 0 Å². The lowest BCUT2D eigenvalue weighted by Gasteiger charge is -2.08. The zero-order chi connectivity index (χ0) is 13.4. The summed E-state index contributed by atoms with van der Waals surface area (Å²) >= 11 is 3.31. The molecule has 2 heterocycles. The number of aromatic amines is 1. The summed E-state index contributed by atoms with van der Waals surface area (Å²) in [5.74, 6) is 0.612. The molecule has 0 aromatic carbocycles. The number of aromatic nitrogens is 4. The van der Waals surface area contributed by atoms with Crippen molar-refractivity contribution in [3.8, 4) is 11.5 Å². The number of nitrogens with zero attached hydrogens (tertiary/aromatic N) is 3. The van der Waals surface area contributed by atoms with E-state index in [1.54, 1.807) is 6.20 Å². The van der Waals surface area contributed by atoms with E-state index in [0.29, 0.717) is 16.3 Å². The molecule has 2 aromatic rings. The number of halogens is 1. The van der Waals surface area contributed by atoms with E-state index in [2.05, 4.69) is 42.4 Å². The Balaban J connectivity index is 2.09. The minimum atomic E-state index is -0.128. The van der Waals surface area contributed by atoms with Crippen molar-refractivity contribution in [2.24, 2.45) is 0 Å². The van der Waals surface area contributed by atoms with Crippen LogP contribution in [-0.2, 0) is 6.42 Å². The van der Waals surface area contributed by atoms with Crippen LogP contribution in [0.5, 0.6) is 0 Å². The molecule has 1 fully saturated rings. The number of nitrogens with one attached hydrogen (secondary N) is 1. The number of H-pyrrole nitrogens is 1. The molecule has 0 amide bonds. The number of rotatable bonds is 4. The fourth-order valence-electron chi connectivity index (χ4n) is 2.16. The molecular weight excluding hydrogens is 308 g/mol. The van der Waals surface area contributed by atoms with Crippen LogP contribution in [0.4, 0.5) is 0 Å². The summed E-state index contributed by atoms with van der Waals surface area (Å²) < 4.78 is 2.64. The van der Waals surface area contributed by atoms with E-state index >= 15 is 0 Å². The molecule has 1 saturated carbocycles. The monoisotopic (exact) mass is 322 g/mol. The third kappa shape index (κ3) is 2.36. The topological polar surface area (TPSA) is 63.6 Å². The van der Waals surface area contributed by atoms with Crippen LogP contribution in [0.15, 0.2) is 21.8 Å². The van der Waals surface area contributed by atoms with E-state index in [4.69, 9.17) is 0 Å². The second kappa shape index (κ2) is 4.92. The van der Waals surface area contributed by atoms with Crippen molar-refractivity contribution >= 4 is 15.9 Å². The highest BCUT2D eigenvalue weighted by molar-refractivity contribution is 9.10. The molecule has 0 bridgehead atoms. The van der Waals surface area contributed by atoms with Gasteiger partial charge in [-0.25, -0.2) is 9.97 Å². The maximum atomic E-state index is 12.0. The molecule has 100 valence electrons. The molecule has 0 spiro atoms. The maximum Gasteiger partial charge on any atom is 0.265 e. The van der Waals surface area contributed by atoms with Crippen molar-refractivity contribution in [1.29, 1.82) is 0 Å². The van der Waals surface area contributed by atoms with Crippen LogP contribution in [0.1, 0.15) is 37.9 Å². The number of imidazole rings is 1. The third-order valence-electron chi connectivity index (χ3n) is 3.27. The van der Waals surface area contributed by atoms with Gasteiger partial charge in [-0.2, -0.15) is 0 Å². The second-order valence-corrected chi connectivity index (χ2v) is 5.64. The van der Waals surface area contributed by atoms with Crippen molar-refractivity contribution < 1.29 is 0 Å². The molecule has 1 aliphatic rings. The fourth-order valence-corrected chi connectivity index (χ4v) is 2.55. The van der Waals surface area contributed by atoms with E-state index in [1.165, 1.54) is 12.8 Å². The Hall–Kier alpha value is -1.43. The molecular formula is C13H15BrN4O. The Kier molecular flexibility index (Phi) is 3.26. The summed E-state index contributed by atoms with van der Waals surface area (Å²) in [6.45, 7) is 2.07. The third-order valence-corrected chi connectivity index (χ3v) is 4.08. The molecule has 1 N–H and O–H groups in total. The molecule has 5 nitrogen and oxygen atoms in total. The van der Waals surface area contributed by atoms with Gasteiger partial charge in [0.25, 0.3) is 5.56 Å². The predicted molar refractivity (Wildman–Crippen MR) is 76.0 cm³/mol. The Labute approximate surface area is 119 Å². The molecule has 0 radical (unpaired) electrons. The van der Waals surface area contributed by atoms with Gasteiger partial charge in [0.1, 0.15) is 10.2 Å². The Bertz CT molecular complexity index is 657. The van der Waals surface area contributed by atoms with Gasteiger partial charge in [-0.05, 0) is 35.2 Å². The van der Waals surface area contributed by atoms with Crippen LogP contribution < -0.4 is 5.56 Å². The lowest BCUT2D eigenvalue weighted by Crippen LogP contribution is -2.14. The van der Waals surface area contributed by atoms with Gasteiger partial charge in [-0.3, -0.25) is 4.79 Å². The smallest absolute Gasteiger partial charge is 0.265 e. The molecule has 6 heteroatoms. The molecule has 0 unspecified atom stereocenters. The van der Waals surface area contributed by atoms with Crippen LogP contribution in [0.25, 0.3) is 11.5 Å². The first kappa shape index (κ1) is 12.6. The SMILES string of the molecule is CCCc1nc(-c2cncn2C2CC2)[nH]c(=O)c1Br.